The van der Waals surface area contributed by atoms with Gasteiger partial charge >= 0.3 is 11.8 Å². The molecule has 2 N–H and O–H groups in total. The van der Waals surface area contributed by atoms with Gasteiger partial charge in [-0.15, -0.1) is 0 Å². The van der Waals surface area contributed by atoms with Crippen LogP contribution in [0, 0.1) is 0 Å². The van der Waals surface area contributed by atoms with E-state index in [1.54, 1.807) is 30.3 Å². The lowest BCUT2D eigenvalue weighted by Gasteiger charge is -2.07. The lowest BCUT2D eigenvalue weighted by molar-refractivity contribution is -0.136. The Hall–Kier alpha value is -2.89. The minimum atomic E-state index is -0.890. The normalized spacial score (nSPS) is 10.8. The van der Waals surface area contributed by atoms with E-state index in [4.69, 9.17) is 23.2 Å². The van der Waals surface area contributed by atoms with Crippen molar-refractivity contribution in [1.82, 2.24) is 5.43 Å². The Kier molecular flexibility index (Phi) is 5.51. The molecule has 3 aromatic rings. The molecule has 0 fully saturated rings. The Balaban J connectivity index is 1.66. The molecule has 2 amide bonds. The molecular formula is C19H13Cl2N3O2. The van der Waals surface area contributed by atoms with Crippen LogP contribution in [0.15, 0.2) is 65.8 Å². The summed E-state index contributed by atoms with van der Waals surface area (Å²) in [6, 6.07) is 17.8. The fourth-order valence-corrected chi connectivity index (χ4v) is 2.79. The quantitative estimate of drug-likeness (QED) is 0.402. The first kappa shape index (κ1) is 17.9. The number of fused-ring (bicyclic) bond motifs is 1. The second kappa shape index (κ2) is 7.99. The van der Waals surface area contributed by atoms with Crippen molar-refractivity contribution in [1.29, 1.82) is 0 Å². The largest absolute Gasteiger partial charge is 0.329 e. The molecule has 0 saturated carbocycles. The van der Waals surface area contributed by atoms with Gasteiger partial charge in [0, 0.05) is 21.7 Å². The maximum atomic E-state index is 12.1. The molecule has 5 nitrogen and oxygen atoms in total. The molecule has 0 spiro atoms. The number of carbonyl (C=O) groups excluding carboxylic acids is 2. The molecule has 0 aromatic heterocycles. The predicted molar refractivity (Wildman–Crippen MR) is 105 cm³/mol. The zero-order valence-electron chi connectivity index (χ0n) is 13.4. The molecule has 0 aliphatic carbocycles. The Bertz CT molecular complexity index is 1010. The molecule has 3 aromatic carbocycles. The highest BCUT2D eigenvalue weighted by Crippen LogP contribution is 2.23. The summed E-state index contributed by atoms with van der Waals surface area (Å²) in [5, 5.41) is 9.00. The number of halogens is 2. The summed E-state index contributed by atoms with van der Waals surface area (Å²) >= 11 is 11.8. The van der Waals surface area contributed by atoms with E-state index >= 15 is 0 Å². The van der Waals surface area contributed by atoms with E-state index < -0.39 is 11.8 Å². The third-order valence-corrected chi connectivity index (χ3v) is 4.14. The molecule has 0 atom stereocenters. The minimum Gasteiger partial charge on any atom is -0.317 e. The van der Waals surface area contributed by atoms with Crippen LogP contribution in [-0.2, 0) is 9.59 Å². The van der Waals surface area contributed by atoms with E-state index in [0.717, 1.165) is 10.8 Å². The zero-order valence-corrected chi connectivity index (χ0v) is 14.9. The van der Waals surface area contributed by atoms with E-state index in [0.29, 0.717) is 21.3 Å². The van der Waals surface area contributed by atoms with Crippen LogP contribution in [0.25, 0.3) is 10.8 Å². The van der Waals surface area contributed by atoms with Crippen molar-refractivity contribution in [3.8, 4) is 0 Å². The molecule has 130 valence electrons. The highest BCUT2D eigenvalue weighted by atomic mass is 35.5. The lowest BCUT2D eigenvalue weighted by Crippen LogP contribution is -2.32. The van der Waals surface area contributed by atoms with Gasteiger partial charge in [0.05, 0.1) is 11.2 Å². The van der Waals surface area contributed by atoms with Crippen LogP contribution in [0.3, 0.4) is 0 Å². The van der Waals surface area contributed by atoms with Gasteiger partial charge in [0.1, 0.15) is 0 Å². The molecule has 0 aliphatic rings. The number of nitrogens with one attached hydrogen (secondary N) is 2. The van der Waals surface area contributed by atoms with Gasteiger partial charge in [-0.05, 0) is 23.6 Å². The van der Waals surface area contributed by atoms with Crippen LogP contribution >= 0.6 is 23.2 Å². The van der Waals surface area contributed by atoms with Crippen LogP contribution < -0.4 is 10.7 Å². The van der Waals surface area contributed by atoms with E-state index in [1.807, 2.05) is 30.3 Å². The molecule has 0 heterocycles. The van der Waals surface area contributed by atoms with Crippen LogP contribution in [0.4, 0.5) is 5.69 Å². The summed E-state index contributed by atoms with van der Waals surface area (Å²) < 4.78 is 0. The molecule has 3 rings (SSSR count). The predicted octanol–water partition coefficient (Wildman–Crippen LogP) is 4.24. The monoisotopic (exact) mass is 385 g/mol. The topological polar surface area (TPSA) is 70.6 Å². The van der Waals surface area contributed by atoms with Crippen LogP contribution in [0.1, 0.15) is 5.56 Å². The smallest absolute Gasteiger partial charge is 0.317 e. The van der Waals surface area contributed by atoms with Gasteiger partial charge < -0.3 is 5.32 Å². The Morgan fingerprint density at radius 1 is 0.923 bits per heavy atom. The van der Waals surface area contributed by atoms with E-state index in [2.05, 4.69) is 15.8 Å². The second-order valence-electron chi connectivity index (χ2n) is 5.35. The number of hydrogen-bond acceptors (Lipinski definition) is 3. The van der Waals surface area contributed by atoms with Crippen molar-refractivity contribution >= 4 is 57.7 Å². The minimum absolute atomic E-state index is 0.385. The van der Waals surface area contributed by atoms with Crippen molar-refractivity contribution in [2.45, 2.75) is 0 Å². The number of anilines is 1. The molecule has 0 aliphatic heterocycles. The Labute approximate surface area is 159 Å². The third kappa shape index (κ3) is 4.20. The number of carbonyl (C=O) groups is 2. The molecule has 26 heavy (non-hydrogen) atoms. The lowest BCUT2D eigenvalue weighted by atomic mass is 10.1. The highest BCUT2D eigenvalue weighted by molar-refractivity contribution is 6.40. The fourth-order valence-electron chi connectivity index (χ4n) is 2.33. The van der Waals surface area contributed by atoms with E-state index in [9.17, 15) is 9.59 Å². The average Bonchev–Trinajstić information content (AvgIpc) is 2.63. The standard InChI is InChI=1S/C19H13Cl2N3O2/c20-14-9-8-13(16(21)10-14)11-22-24-19(26)18(25)23-17-7-3-5-12-4-1-2-6-15(12)17/h1-11H,(H,23,25)(H,24,26). The van der Waals surface area contributed by atoms with Gasteiger partial charge in [-0.25, -0.2) is 5.43 Å². The number of rotatable bonds is 3. The van der Waals surface area contributed by atoms with Gasteiger partial charge in [-0.1, -0.05) is 65.7 Å². The SMILES string of the molecule is O=C(NN=Cc1ccc(Cl)cc1Cl)C(=O)Nc1cccc2ccccc12. The summed E-state index contributed by atoms with van der Waals surface area (Å²) in [7, 11) is 0. The zero-order chi connectivity index (χ0) is 18.5. The van der Waals surface area contributed by atoms with Crippen LogP contribution in [0.2, 0.25) is 10.0 Å². The molecule has 0 bridgehead atoms. The number of amides is 2. The summed E-state index contributed by atoms with van der Waals surface area (Å²) in [6.45, 7) is 0. The van der Waals surface area contributed by atoms with Crippen LogP contribution in [-0.4, -0.2) is 18.0 Å². The van der Waals surface area contributed by atoms with Gasteiger partial charge in [-0.3, -0.25) is 9.59 Å². The summed E-state index contributed by atoms with van der Waals surface area (Å²) in [6.07, 6.45) is 1.34. The fraction of sp³-hybridized carbons (Fsp3) is 0. The first-order chi connectivity index (χ1) is 12.5. The Morgan fingerprint density at radius 3 is 2.50 bits per heavy atom. The summed E-state index contributed by atoms with van der Waals surface area (Å²) in [5.74, 6) is -1.71. The summed E-state index contributed by atoms with van der Waals surface area (Å²) in [4.78, 5) is 24.0. The first-order valence-electron chi connectivity index (χ1n) is 7.62. The number of hydrazone groups is 1. The highest BCUT2D eigenvalue weighted by Gasteiger charge is 2.14. The average molecular weight is 386 g/mol. The van der Waals surface area contributed by atoms with Crippen molar-refractivity contribution in [2.75, 3.05) is 5.32 Å². The van der Waals surface area contributed by atoms with E-state index in [-0.39, 0.29) is 0 Å². The van der Waals surface area contributed by atoms with Crippen molar-refractivity contribution in [3.63, 3.8) is 0 Å². The van der Waals surface area contributed by atoms with Crippen molar-refractivity contribution < 1.29 is 9.59 Å². The number of benzene rings is 3. The van der Waals surface area contributed by atoms with Gasteiger partial charge in [0.25, 0.3) is 0 Å². The van der Waals surface area contributed by atoms with Gasteiger partial charge in [0.2, 0.25) is 0 Å². The second-order valence-corrected chi connectivity index (χ2v) is 6.19. The first-order valence-corrected chi connectivity index (χ1v) is 8.37. The molecule has 0 unspecified atom stereocenters. The number of nitrogens with zero attached hydrogens (tertiary/aromatic N) is 1. The van der Waals surface area contributed by atoms with E-state index in [1.165, 1.54) is 6.21 Å². The number of hydrogen-bond donors (Lipinski definition) is 2. The maximum absolute atomic E-state index is 12.1. The summed E-state index contributed by atoms with van der Waals surface area (Å²) in [5.41, 5.74) is 3.28. The molecule has 7 heteroatoms. The van der Waals surface area contributed by atoms with Gasteiger partial charge in [-0.2, -0.15) is 5.10 Å². The molecule has 0 saturated heterocycles. The van der Waals surface area contributed by atoms with Gasteiger partial charge in [0.15, 0.2) is 0 Å². The van der Waals surface area contributed by atoms with Crippen molar-refractivity contribution in [3.05, 3.63) is 76.3 Å². The molecule has 0 radical (unpaired) electrons. The maximum Gasteiger partial charge on any atom is 0.329 e. The molecular weight excluding hydrogens is 373 g/mol. The third-order valence-electron chi connectivity index (χ3n) is 3.58. The van der Waals surface area contributed by atoms with Crippen molar-refractivity contribution in [2.24, 2.45) is 5.10 Å². The van der Waals surface area contributed by atoms with Crippen LogP contribution in [0.5, 0.6) is 0 Å². The Morgan fingerprint density at radius 2 is 1.69 bits per heavy atom.